The minimum Gasteiger partial charge on any atom is -0.464 e. The quantitative estimate of drug-likeness (QED) is 0.767. The Morgan fingerprint density at radius 2 is 1.94 bits per heavy atom. The Morgan fingerprint density at radius 3 is 2.59 bits per heavy atom. The largest absolute Gasteiger partial charge is 0.464 e. The summed E-state index contributed by atoms with van der Waals surface area (Å²) in [5.41, 5.74) is 1.02. The Balaban J connectivity index is 2.39. The van der Waals surface area contributed by atoms with Gasteiger partial charge in [0.1, 0.15) is 0 Å². The molecule has 0 bridgehead atoms. The molecule has 0 aliphatic heterocycles. The zero-order valence-corrected chi connectivity index (χ0v) is 9.81. The van der Waals surface area contributed by atoms with Crippen LogP contribution in [0.1, 0.15) is 10.5 Å². The van der Waals surface area contributed by atoms with E-state index in [1.54, 1.807) is 24.3 Å². The van der Waals surface area contributed by atoms with Gasteiger partial charge in [-0.2, -0.15) is 0 Å². The number of hydrogen-bond donors (Lipinski definition) is 0. The van der Waals surface area contributed by atoms with Gasteiger partial charge in [0.05, 0.1) is 7.11 Å². The van der Waals surface area contributed by atoms with E-state index >= 15 is 0 Å². The summed E-state index contributed by atoms with van der Waals surface area (Å²) in [6, 6.07) is 8.57. The molecule has 0 aliphatic rings. The molecule has 1 heterocycles. The predicted octanol–water partition coefficient (Wildman–Crippen LogP) is 2.58. The molecule has 0 spiro atoms. The number of carbonyl (C=O) groups excluding carboxylic acids is 1. The maximum absolute atomic E-state index is 11.3. The molecule has 0 fully saturated rings. The van der Waals surface area contributed by atoms with E-state index in [4.69, 9.17) is 11.6 Å². The molecule has 2 aromatic rings. The van der Waals surface area contributed by atoms with Gasteiger partial charge in [0.25, 0.3) is 0 Å². The average Bonchev–Trinajstić information content (AvgIpc) is 2.39. The molecular formula is C12H9ClN2O2. The van der Waals surface area contributed by atoms with E-state index in [9.17, 15) is 4.79 Å². The van der Waals surface area contributed by atoms with Gasteiger partial charge in [0.2, 0.25) is 0 Å². The molecule has 4 nitrogen and oxygen atoms in total. The van der Waals surface area contributed by atoms with Crippen molar-refractivity contribution in [2.24, 2.45) is 0 Å². The molecule has 0 atom stereocenters. The summed E-state index contributed by atoms with van der Waals surface area (Å²) >= 11 is 5.79. The Bertz CT molecular complexity index is 540. The second-order valence-corrected chi connectivity index (χ2v) is 3.70. The van der Waals surface area contributed by atoms with Crippen LogP contribution >= 0.6 is 11.6 Å². The lowest BCUT2D eigenvalue weighted by Crippen LogP contribution is -2.05. The lowest BCUT2D eigenvalue weighted by atomic mass is 10.2. The molecule has 2 rings (SSSR count). The molecule has 5 heteroatoms. The highest BCUT2D eigenvalue weighted by molar-refractivity contribution is 6.30. The van der Waals surface area contributed by atoms with Gasteiger partial charge >= 0.3 is 5.97 Å². The van der Waals surface area contributed by atoms with Crippen molar-refractivity contribution in [3.63, 3.8) is 0 Å². The molecule has 86 valence electrons. The lowest BCUT2D eigenvalue weighted by Gasteiger charge is -2.02. The first-order valence-electron chi connectivity index (χ1n) is 4.88. The van der Waals surface area contributed by atoms with Gasteiger partial charge in [-0.25, -0.2) is 14.8 Å². The number of methoxy groups -OCH3 is 1. The third-order valence-electron chi connectivity index (χ3n) is 2.15. The SMILES string of the molecule is COC(=O)c1ccnc(-c2ccc(Cl)cc2)n1. The van der Waals surface area contributed by atoms with Crippen LogP contribution in [-0.2, 0) is 4.74 Å². The summed E-state index contributed by atoms with van der Waals surface area (Å²) in [6.07, 6.45) is 1.52. The smallest absolute Gasteiger partial charge is 0.356 e. The van der Waals surface area contributed by atoms with Crippen LogP contribution < -0.4 is 0 Å². The topological polar surface area (TPSA) is 52.1 Å². The molecule has 0 N–H and O–H groups in total. The Kier molecular flexibility index (Phi) is 3.35. The van der Waals surface area contributed by atoms with Gasteiger partial charge in [-0.05, 0) is 30.3 Å². The van der Waals surface area contributed by atoms with Crippen LogP contribution in [0.15, 0.2) is 36.5 Å². The van der Waals surface area contributed by atoms with Crippen LogP contribution in [0.25, 0.3) is 11.4 Å². The number of benzene rings is 1. The second kappa shape index (κ2) is 4.93. The first kappa shape index (κ1) is 11.5. The zero-order valence-electron chi connectivity index (χ0n) is 9.05. The van der Waals surface area contributed by atoms with Crippen LogP contribution in [-0.4, -0.2) is 23.0 Å². The van der Waals surface area contributed by atoms with Gasteiger partial charge in [0.15, 0.2) is 11.5 Å². The highest BCUT2D eigenvalue weighted by Gasteiger charge is 2.09. The molecule has 0 unspecified atom stereocenters. The highest BCUT2D eigenvalue weighted by atomic mass is 35.5. The number of nitrogens with zero attached hydrogens (tertiary/aromatic N) is 2. The van der Waals surface area contributed by atoms with E-state index in [0.29, 0.717) is 10.8 Å². The van der Waals surface area contributed by atoms with Crippen molar-refractivity contribution < 1.29 is 9.53 Å². The second-order valence-electron chi connectivity index (χ2n) is 3.26. The molecular weight excluding hydrogens is 240 g/mol. The summed E-state index contributed by atoms with van der Waals surface area (Å²) in [5.74, 6) is -0.0211. The van der Waals surface area contributed by atoms with Crippen LogP contribution in [0.4, 0.5) is 0 Å². The number of rotatable bonds is 2. The predicted molar refractivity (Wildman–Crippen MR) is 63.8 cm³/mol. The molecule has 1 aromatic carbocycles. The minimum atomic E-state index is -0.484. The van der Waals surface area contributed by atoms with Crippen molar-refractivity contribution >= 4 is 17.6 Å². The van der Waals surface area contributed by atoms with E-state index in [2.05, 4.69) is 14.7 Å². The maximum atomic E-state index is 11.3. The van der Waals surface area contributed by atoms with E-state index in [-0.39, 0.29) is 5.69 Å². The summed E-state index contributed by atoms with van der Waals surface area (Å²) in [5, 5.41) is 0.637. The normalized spacial score (nSPS) is 10.0. The molecule has 0 saturated carbocycles. The third kappa shape index (κ3) is 2.60. The molecule has 0 saturated heterocycles. The minimum absolute atomic E-state index is 0.229. The number of esters is 1. The first-order chi connectivity index (χ1) is 8.20. The molecule has 1 aromatic heterocycles. The first-order valence-corrected chi connectivity index (χ1v) is 5.26. The Hall–Kier alpha value is -1.94. The third-order valence-corrected chi connectivity index (χ3v) is 2.40. The van der Waals surface area contributed by atoms with Gasteiger partial charge in [-0.3, -0.25) is 0 Å². The molecule has 17 heavy (non-hydrogen) atoms. The van der Waals surface area contributed by atoms with Crippen LogP contribution in [0, 0.1) is 0 Å². The van der Waals surface area contributed by atoms with E-state index in [0.717, 1.165) is 5.56 Å². The number of ether oxygens (including phenoxy) is 1. The van der Waals surface area contributed by atoms with Gasteiger partial charge < -0.3 is 4.74 Å². The van der Waals surface area contributed by atoms with Crippen molar-refractivity contribution in [3.05, 3.63) is 47.2 Å². The fraction of sp³-hybridized carbons (Fsp3) is 0.0833. The Morgan fingerprint density at radius 1 is 1.24 bits per heavy atom. The molecule has 0 aliphatic carbocycles. The summed E-state index contributed by atoms with van der Waals surface area (Å²) < 4.78 is 4.60. The number of halogens is 1. The maximum Gasteiger partial charge on any atom is 0.356 e. The lowest BCUT2D eigenvalue weighted by molar-refractivity contribution is 0.0594. The van der Waals surface area contributed by atoms with Crippen molar-refractivity contribution in [1.82, 2.24) is 9.97 Å². The van der Waals surface area contributed by atoms with Gasteiger partial charge in [-0.15, -0.1) is 0 Å². The van der Waals surface area contributed by atoms with Crippen LogP contribution in [0.5, 0.6) is 0 Å². The van der Waals surface area contributed by atoms with Crippen molar-refractivity contribution in [2.45, 2.75) is 0 Å². The van der Waals surface area contributed by atoms with E-state index in [1.165, 1.54) is 19.4 Å². The molecule has 0 radical (unpaired) electrons. The standard InChI is InChI=1S/C12H9ClN2O2/c1-17-12(16)10-6-7-14-11(15-10)8-2-4-9(13)5-3-8/h2-7H,1H3. The van der Waals surface area contributed by atoms with Gasteiger partial charge in [0, 0.05) is 16.8 Å². The van der Waals surface area contributed by atoms with E-state index in [1.807, 2.05) is 0 Å². The number of hydrogen-bond acceptors (Lipinski definition) is 4. The number of carbonyl (C=O) groups is 1. The number of aromatic nitrogens is 2. The molecule has 0 amide bonds. The Labute approximate surface area is 103 Å². The average molecular weight is 249 g/mol. The van der Waals surface area contributed by atoms with Crippen LogP contribution in [0.2, 0.25) is 5.02 Å². The summed E-state index contributed by atoms with van der Waals surface area (Å²) in [6.45, 7) is 0. The van der Waals surface area contributed by atoms with Crippen molar-refractivity contribution in [1.29, 1.82) is 0 Å². The fourth-order valence-electron chi connectivity index (χ4n) is 1.31. The fourth-order valence-corrected chi connectivity index (χ4v) is 1.44. The summed E-state index contributed by atoms with van der Waals surface area (Å²) in [4.78, 5) is 19.5. The van der Waals surface area contributed by atoms with E-state index < -0.39 is 5.97 Å². The van der Waals surface area contributed by atoms with Crippen molar-refractivity contribution in [3.8, 4) is 11.4 Å². The van der Waals surface area contributed by atoms with Crippen LogP contribution in [0.3, 0.4) is 0 Å². The summed E-state index contributed by atoms with van der Waals surface area (Å²) in [7, 11) is 1.31. The highest BCUT2D eigenvalue weighted by Crippen LogP contribution is 2.17. The van der Waals surface area contributed by atoms with Crippen molar-refractivity contribution in [2.75, 3.05) is 7.11 Å². The monoisotopic (exact) mass is 248 g/mol. The zero-order chi connectivity index (χ0) is 12.3. The van der Waals surface area contributed by atoms with Gasteiger partial charge in [-0.1, -0.05) is 11.6 Å².